The van der Waals surface area contributed by atoms with Crippen molar-refractivity contribution in [2.24, 2.45) is 0 Å². The summed E-state index contributed by atoms with van der Waals surface area (Å²) in [5, 5.41) is 0. The van der Waals surface area contributed by atoms with Crippen LogP contribution in [0.25, 0.3) is 0 Å². The molecule has 1 fully saturated rings. The minimum atomic E-state index is -0.188. The molecule has 1 atom stereocenters. The van der Waals surface area contributed by atoms with Gasteiger partial charge in [0, 0.05) is 39.1 Å². The lowest BCUT2D eigenvalue weighted by atomic mass is 10.2. The van der Waals surface area contributed by atoms with Crippen LogP contribution in [0.3, 0.4) is 0 Å². The first-order chi connectivity index (χ1) is 10.6. The highest BCUT2D eigenvalue weighted by Crippen LogP contribution is 2.12. The summed E-state index contributed by atoms with van der Waals surface area (Å²) in [6.45, 7) is 9.52. The van der Waals surface area contributed by atoms with E-state index in [1.807, 2.05) is 36.6 Å². The maximum Gasteiger partial charge on any atom is 0.245 e. The number of hydrogen-bond acceptors (Lipinski definition) is 4. The number of hydrogen-bond donors (Lipinski definition) is 0. The zero-order valence-corrected chi connectivity index (χ0v) is 14.0. The number of imidazole rings is 1. The minimum absolute atomic E-state index is 0.146. The smallest absolute Gasteiger partial charge is 0.245 e. The number of rotatable bonds is 7. The lowest BCUT2D eigenvalue weighted by molar-refractivity contribution is -0.133. The van der Waals surface area contributed by atoms with Gasteiger partial charge in [-0.05, 0) is 33.2 Å². The number of ether oxygens (including phenoxy) is 1. The second-order valence-electron chi connectivity index (χ2n) is 5.98. The normalized spacial score (nSPS) is 17.4. The Kier molecular flexibility index (Phi) is 6.39. The Morgan fingerprint density at radius 1 is 1.41 bits per heavy atom. The van der Waals surface area contributed by atoms with Crippen molar-refractivity contribution in [2.45, 2.75) is 32.7 Å². The van der Waals surface area contributed by atoms with E-state index in [9.17, 15) is 4.79 Å². The summed E-state index contributed by atoms with van der Waals surface area (Å²) in [6.07, 6.45) is 5.76. The molecule has 2 heterocycles. The molecule has 6 heteroatoms. The Morgan fingerprint density at radius 2 is 2.14 bits per heavy atom. The molecule has 22 heavy (non-hydrogen) atoms. The van der Waals surface area contributed by atoms with Gasteiger partial charge < -0.3 is 14.2 Å². The van der Waals surface area contributed by atoms with Crippen molar-refractivity contribution < 1.29 is 9.53 Å². The van der Waals surface area contributed by atoms with E-state index in [-0.39, 0.29) is 11.9 Å². The molecule has 1 aliphatic rings. The summed E-state index contributed by atoms with van der Waals surface area (Å²) in [5.74, 6) is 1.02. The van der Waals surface area contributed by atoms with Crippen LogP contribution in [0, 0.1) is 6.92 Å². The Hall–Kier alpha value is -1.40. The van der Waals surface area contributed by atoms with Gasteiger partial charge >= 0.3 is 0 Å². The molecule has 0 aliphatic carbocycles. The first-order valence-corrected chi connectivity index (χ1v) is 8.14. The number of aryl methyl sites for hydroxylation is 1. The molecule has 1 aromatic rings. The van der Waals surface area contributed by atoms with Gasteiger partial charge in [0.25, 0.3) is 0 Å². The summed E-state index contributed by atoms with van der Waals surface area (Å²) < 4.78 is 7.27. The molecule has 124 valence electrons. The maximum absolute atomic E-state index is 12.4. The summed E-state index contributed by atoms with van der Waals surface area (Å²) in [5.41, 5.74) is 0. The van der Waals surface area contributed by atoms with Gasteiger partial charge in [-0.2, -0.15) is 0 Å². The van der Waals surface area contributed by atoms with E-state index < -0.39 is 0 Å². The fraction of sp³-hybridized carbons (Fsp3) is 0.750. The Labute approximate surface area is 133 Å². The van der Waals surface area contributed by atoms with Crippen molar-refractivity contribution in [3.63, 3.8) is 0 Å². The minimum Gasteiger partial charge on any atom is -0.379 e. The maximum atomic E-state index is 12.4. The fourth-order valence-corrected chi connectivity index (χ4v) is 2.85. The van der Waals surface area contributed by atoms with Gasteiger partial charge in [0.2, 0.25) is 5.91 Å². The second-order valence-corrected chi connectivity index (χ2v) is 5.98. The van der Waals surface area contributed by atoms with E-state index in [1.54, 1.807) is 6.20 Å². The average molecular weight is 308 g/mol. The van der Waals surface area contributed by atoms with Crippen molar-refractivity contribution in [3.05, 3.63) is 18.2 Å². The predicted molar refractivity (Wildman–Crippen MR) is 85.8 cm³/mol. The first-order valence-electron chi connectivity index (χ1n) is 8.14. The van der Waals surface area contributed by atoms with Gasteiger partial charge in [0.15, 0.2) is 0 Å². The topological polar surface area (TPSA) is 50.6 Å². The first kappa shape index (κ1) is 17.0. The van der Waals surface area contributed by atoms with Crippen LogP contribution in [0.5, 0.6) is 0 Å². The van der Waals surface area contributed by atoms with Crippen LogP contribution in [-0.4, -0.2) is 71.7 Å². The van der Waals surface area contributed by atoms with E-state index in [0.717, 1.165) is 58.1 Å². The zero-order chi connectivity index (χ0) is 15.9. The third-order valence-electron chi connectivity index (χ3n) is 4.33. The molecule has 0 unspecified atom stereocenters. The molecule has 2 rings (SSSR count). The molecule has 6 nitrogen and oxygen atoms in total. The molecular weight excluding hydrogens is 280 g/mol. The summed E-state index contributed by atoms with van der Waals surface area (Å²) in [7, 11) is 1.89. The summed E-state index contributed by atoms with van der Waals surface area (Å²) >= 11 is 0. The summed E-state index contributed by atoms with van der Waals surface area (Å²) in [6, 6.07) is -0.188. The molecule has 1 aromatic heterocycles. The molecule has 1 aliphatic heterocycles. The molecule has 0 saturated carbocycles. The quantitative estimate of drug-likeness (QED) is 0.713. The molecule has 0 aromatic carbocycles. The number of carbonyl (C=O) groups excluding carboxylic acids is 1. The monoisotopic (exact) mass is 308 g/mol. The van der Waals surface area contributed by atoms with Crippen LogP contribution in [0.1, 0.15) is 31.6 Å². The van der Waals surface area contributed by atoms with Gasteiger partial charge in [-0.1, -0.05) is 0 Å². The Morgan fingerprint density at radius 3 is 2.77 bits per heavy atom. The average Bonchev–Trinajstić information content (AvgIpc) is 2.97. The lowest BCUT2D eigenvalue weighted by Gasteiger charge is -2.27. The molecule has 0 radical (unpaired) electrons. The zero-order valence-electron chi connectivity index (χ0n) is 14.0. The summed E-state index contributed by atoms with van der Waals surface area (Å²) in [4.78, 5) is 20.9. The van der Waals surface area contributed by atoms with Crippen molar-refractivity contribution in [1.29, 1.82) is 0 Å². The Balaban J connectivity index is 1.69. The van der Waals surface area contributed by atoms with E-state index in [0.29, 0.717) is 0 Å². The van der Waals surface area contributed by atoms with Gasteiger partial charge in [0.1, 0.15) is 11.9 Å². The molecule has 1 saturated heterocycles. The largest absolute Gasteiger partial charge is 0.379 e. The van der Waals surface area contributed by atoms with Crippen molar-refractivity contribution >= 4 is 5.91 Å². The highest BCUT2D eigenvalue weighted by molar-refractivity contribution is 5.79. The number of likely N-dealkylation sites (N-methyl/N-ethyl adjacent to an activating group) is 1. The number of carbonyl (C=O) groups is 1. The van der Waals surface area contributed by atoms with Gasteiger partial charge in [0.05, 0.1) is 13.2 Å². The lowest BCUT2D eigenvalue weighted by Crippen LogP contribution is -2.37. The second kappa shape index (κ2) is 8.29. The Bertz CT molecular complexity index is 468. The number of aromatic nitrogens is 2. The van der Waals surface area contributed by atoms with E-state index in [1.165, 1.54) is 0 Å². The number of nitrogens with zero attached hydrogens (tertiary/aromatic N) is 4. The van der Waals surface area contributed by atoms with E-state index in [4.69, 9.17) is 4.74 Å². The molecule has 0 bridgehead atoms. The highest BCUT2D eigenvalue weighted by atomic mass is 16.5. The number of morpholine rings is 1. The highest BCUT2D eigenvalue weighted by Gasteiger charge is 2.19. The number of unbranched alkanes of at least 4 members (excludes halogenated alkanes) is 1. The molecule has 0 spiro atoms. The molecular formula is C16H28N4O2. The number of amides is 1. The van der Waals surface area contributed by atoms with Gasteiger partial charge in [-0.3, -0.25) is 9.69 Å². The van der Waals surface area contributed by atoms with Gasteiger partial charge in [-0.15, -0.1) is 0 Å². The van der Waals surface area contributed by atoms with E-state index >= 15 is 0 Å². The predicted octanol–water partition coefficient (Wildman–Crippen LogP) is 1.32. The van der Waals surface area contributed by atoms with Crippen LogP contribution >= 0.6 is 0 Å². The molecule has 1 amide bonds. The standard InChI is InChI=1S/C16H28N4O2/c1-14(20-9-6-17-15(20)2)16(21)18(3)7-4-5-8-19-10-12-22-13-11-19/h6,9,14H,4-5,7-8,10-13H2,1-3H3/t14-/m0/s1. The van der Waals surface area contributed by atoms with Crippen LogP contribution in [0.4, 0.5) is 0 Å². The van der Waals surface area contributed by atoms with Gasteiger partial charge in [-0.25, -0.2) is 4.98 Å². The third kappa shape index (κ3) is 4.55. The van der Waals surface area contributed by atoms with Crippen LogP contribution in [0.2, 0.25) is 0 Å². The van der Waals surface area contributed by atoms with E-state index in [2.05, 4.69) is 9.88 Å². The fourth-order valence-electron chi connectivity index (χ4n) is 2.85. The van der Waals surface area contributed by atoms with Crippen molar-refractivity contribution in [2.75, 3.05) is 46.4 Å². The van der Waals surface area contributed by atoms with Crippen LogP contribution in [0.15, 0.2) is 12.4 Å². The van der Waals surface area contributed by atoms with Crippen LogP contribution < -0.4 is 0 Å². The van der Waals surface area contributed by atoms with Crippen LogP contribution in [-0.2, 0) is 9.53 Å². The van der Waals surface area contributed by atoms with Crippen molar-refractivity contribution in [3.8, 4) is 0 Å². The van der Waals surface area contributed by atoms with Crippen molar-refractivity contribution in [1.82, 2.24) is 19.4 Å². The third-order valence-corrected chi connectivity index (χ3v) is 4.33. The SMILES string of the molecule is Cc1nccn1[C@@H](C)C(=O)N(C)CCCCN1CCOCC1. The molecule has 0 N–H and O–H groups in total.